The van der Waals surface area contributed by atoms with E-state index >= 15 is 0 Å². The Morgan fingerprint density at radius 3 is 2.73 bits per heavy atom. The van der Waals surface area contributed by atoms with Crippen LogP contribution in [-0.2, 0) is 15.3 Å². The number of benzene rings is 2. The van der Waals surface area contributed by atoms with Gasteiger partial charge < -0.3 is 15.4 Å². The molecule has 2 aromatic carbocycles. The summed E-state index contributed by atoms with van der Waals surface area (Å²) in [4.78, 5) is 38.3. The SMILES string of the molecule is COc1ccc(CSCC(=O)Nc2nc3ccc(NC(C)=O)cc3s2)cc1[N+](=O)[O-]. The zero-order valence-electron chi connectivity index (χ0n) is 16.1. The van der Waals surface area contributed by atoms with Crippen molar-refractivity contribution in [2.24, 2.45) is 0 Å². The van der Waals surface area contributed by atoms with Crippen molar-refractivity contribution in [3.8, 4) is 5.75 Å². The lowest BCUT2D eigenvalue weighted by Gasteiger charge is -2.05. The summed E-state index contributed by atoms with van der Waals surface area (Å²) in [6, 6.07) is 10.1. The Morgan fingerprint density at radius 2 is 2.03 bits per heavy atom. The number of nitrogens with one attached hydrogen (secondary N) is 2. The van der Waals surface area contributed by atoms with E-state index in [9.17, 15) is 19.7 Å². The molecule has 2 amide bonds. The third-order valence-electron chi connectivity index (χ3n) is 3.90. The van der Waals surface area contributed by atoms with E-state index in [2.05, 4.69) is 15.6 Å². The predicted octanol–water partition coefficient (Wildman–Crippen LogP) is 4.04. The first-order chi connectivity index (χ1) is 14.4. The van der Waals surface area contributed by atoms with Crippen LogP contribution in [0.5, 0.6) is 5.75 Å². The Morgan fingerprint density at radius 1 is 1.23 bits per heavy atom. The molecule has 0 atom stereocenters. The molecule has 0 aliphatic heterocycles. The zero-order valence-corrected chi connectivity index (χ0v) is 17.8. The van der Waals surface area contributed by atoms with Crippen molar-refractivity contribution in [1.82, 2.24) is 4.98 Å². The van der Waals surface area contributed by atoms with Crippen LogP contribution >= 0.6 is 23.1 Å². The Labute approximate surface area is 180 Å². The molecule has 0 fully saturated rings. The third-order valence-corrected chi connectivity index (χ3v) is 5.83. The Kier molecular flexibility index (Phi) is 6.85. The Hall–Kier alpha value is -3.18. The van der Waals surface area contributed by atoms with Crippen LogP contribution < -0.4 is 15.4 Å². The molecule has 0 bridgehead atoms. The number of thiazole rings is 1. The average molecular weight is 447 g/mol. The van der Waals surface area contributed by atoms with Crippen LogP contribution in [0.25, 0.3) is 10.2 Å². The molecule has 1 aromatic heterocycles. The standard InChI is InChI=1S/C19H18N4O5S2/c1-11(24)20-13-4-5-14-17(8-13)30-19(21-14)22-18(25)10-29-9-12-3-6-16(28-2)15(7-12)23(26)27/h3-8H,9-10H2,1-2H3,(H,20,24)(H,21,22,25). The first kappa shape index (κ1) is 21.5. The van der Waals surface area contributed by atoms with E-state index in [1.165, 1.54) is 43.2 Å². The number of nitrogens with zero attached hydrogens (tertiary/aromatic N) is 2. The van der Waals surface area contributed by atoms with Crippen LogP contribution in [0.3, 0.4) is 0 Å². The minimum absolute atomic E-state index is 0.104. The van der Waals surface area contributed by atoms with Gasteiger partial charge in [0, 0.05) is 24.4 Å². The van der Waals surface area contributed by atoms with Crippen molar-refractivity contribution >= 4 is 61.6 Å². The predicted molar refractivity (Wildman–Crippen MR) is 118 cm³/mol. The third kappa shape index (κ3) is 5.45. The van der Waals surface area contributed by atoms with E-state index in [0.717, 1.165) is 15.8 Å². The molecule has 156 valence electrons. The molecule has 0 saturated heterocycles. The van der Waals surface area contributed by atoms with Crippen LogP contribution in [0.15, 0.2) is 36.4 Å². The number of aromatic nitrogens is 1. The van der Waals surface area contributed by atoms with Gasteiger partial charge in [-0.05, 0) is 29.8 Å². The highest BCUT2D eigenvalue weighted by Gasteiger charge is 2.15. The number of fused-ring (bicyclic) bond motifs is 1. The highest BCUT2D eigenvalue weighted by Crippen LogP contribution is 2.30. The summed E-state index contributed by atoms with van der Waals surface area (Å²) >= 11 is 2.65. The number of carbonyl (C=O) groups excluding carboxylic acids is 2. The lowest BCUT2D eigenvalue weighted by molar-refractivity contribution is -0.385. The monoisotopic (exact) mass is 446 g/mol. The summed E-state index contributed by atoms with van der Waals surface area (Å²) in [5.41, 5.74) is 2.02. The number of ether oxygens (including phenoxy) is 1. The van der Waals surface area contributed by atoms with Gasteiger partial charge in [-0.25, -0.2) is 4.98 Å². The zero-order chi connectivity index (χ0) is 21.7. The van der Waals surface area contributed by atoms with Gasteiger partial charge in [0.05, 0.1) is 28.0 Å². The topological polar surface area (TPSA) is 123 Å². The van der Waals surface area contributed by atoms with Crippen molar-refractivity contribution in [3.05, 3.63) is 52.1 Å². The fourth-order valence-corrected chi connectivity index (χ4v) is 4.34. The number of thioether (sulfide) groups is 1. The highest BCUT2D eigenvalue weighted by molar-refractivity contribution is 7.99. The quantitative estimate of drug-likeness (QED) is 0.395. The Bertz CT molecular complexity index is 1120. The number of amides is 2. The van der Waals surface area contributed by atoms with Crippen molar-refractivity contribution in [2.45, 2.75) is 12.7 Å². The van der Waals surface area contributed by atoms with Crippen molar-refractivity contribution in [1.29, 1.82) is 0 Å². The summed E-state index contributed by atoms with van der Waals surface area (Å²) in [5.74, 6) is 0.435. The lowest BCUT2D eigenvalue weighted by Crippen LogP contribution is -2.13. The van der Waals surface area contributed by atoms with E-state index in [0.29, 0.717) is 16.6 Å². The van der Waals surface area contributed by atoms with Crippen LogP contribution in [-0.4, -0.2) is 34.6 Å². The number of nitro benzene ring substituents is 1. The lowest BCUT2D eigenvalue weighted by atomic mass is 10.2. The maximum Gasteiger partial charge on any atom is 0.311 e. The molecule has 0 aliphatic rings. The van der Waals surface area contributed by atoms with Crippen LogP contribution in [0.4, 0.5) is 16.5 Å². The number of anilines is 2. The Balaban J connectivity index is 1.56. The molecular weight excluding hydrogens is 428 g/mol. The van der Waals surface area contributed by atoms with Crippen molar-refractivity contribution in [2.75, 3.05) is 23.5 Å². The van der Waals surface area contributed by atoms with E-state index in [4.69, 9.17) is 4.74 Å². The summed E-state index contributed by atoms with van der Waals surface area (Å²) in [6.45, 7) is 1.43. The molecule has 3 aromatic rings. The summed E-state index contributed by atoms with van der Waals surface area (Å²) in [6.07, 6.45) is 0. The number of nitro groups is 1. The van der Waals surface area contributed by atoms with Gasteiger partial charge in [-0.15, -0.1) is 11.8 Å². The first-order valence-corrected chi connectivity index (χ1v) is 10.7. The minimum Gasteiger partial charge on any atom is -0.490 e. The van der Waals surface area contributed by atoms with Gasteiger partial charge in [0.2, 0.25) is 11.8 Å². The number of hydrogen-bond donors (Lipinski definition) is 2. The van der Waals surface area contributed by atoms with Crippen molar-refractivity contribution in [3.63, 3.8) is 0 Å². The molecule has 9 nitrogen and oxygen atoms in total. The average Bonchev–Trinajstić information content (AvgIpc) is 3.08. The molecule has 2 N–H and O–H groups in total. The van der Waals surface area contributed by atoms with Crippen LogP contribution in [0.2, 0.25) is 0 Å². The maximum absolute atomic E-state index is 12.2. The van der Waals surface area contributed by atoms with Crippen LogP contribution in [0, 0.1) is 10.1 Å². The fourth-order valence-electron chi connectivity index (χ4n) is 2.64. The molecular formula is C19H18N4O5S2. The fraction of sp³-hybridized carbons (Fsp3) is 0.211. The van der Waals surface area contributed by atoms with Gasteiger partial charge in [0.25, 0.3) is 0 Å². The van der Waals surface area contributed by atoms with Gasteiger partial charge in [-0.1, -0.05) is 17.4 Å². The van der Waals surface area contributed by atoms with Crippen molar-refractivity contribution < 1.29 is 19.2 Å². The second-order valence-corrected chi connectivity index (χ2v) is 8.20. The molecule has 0 spiro atoms. The van der Waals surface area contributed by atoms with Crippen LogP contribution in [0.1, 0.15) is 12.5 Å². The van der Waals surface area contributed by atoms with E-state index in [-0.39, 0.29) is 29.0 Å². The normalized spacial score (nSPS) is 10.6. The molecule has 3 rings (SSSR count). The number of hydrogen-bond acceptors (Lipinski definition) is 8. The van der Waals surface area contributed by atoms with E-state index in [1.807, 2.05) is 0 Å². The number of carbonyl (C=O) groups is 2. The molecule has 0 saturated carbocycles. The summed E-state index contributed by atoms with van der Waals surface area (Å²) < 4.78 is 5.83. The molecule has 0 aliphatic carbocycles. The van der Waals surface area contributed by atoms with Gasteiger partial charge in [0.15, 0.2) is 10.9 Å². The summed E-state index contributed by atoms with van der Waals surface area (Å²) in [7, 11) is 1.38. The van der Waals surface area contributed by atoms with Gasteiger partial charge in [-0.3, -0.25) is 19.7 Å². The smallest absolute Gasteiger partial charge is 0.311 e. The second-order valence-electron chi connectivity index (χ2n) is 6.19. The minimum atomic E-state index is -0.496. The van der Waals surface area contributed by atoms with E-state index < -0.39 is 4.92 Å². The number of methoxy groups -OCH3 is 1. The highest BCUT2D eigenvalue weighted by atomic mass is 32.2. The largest absolute Gasteiger partial charge is 0.490 e. The number of rotatable bonds is 8. The second kappa shape index (κ2) is 9.55. The van der Waals surface area contributed by atoms with Gasteiger partial charge >= 0.3 is 5.69 Å². The van der Waals surface area contributed by atoms with Gasteiger partial charge in [-0.2, -0.15) is 0 Å². The molecule has 0 unspecified atom stereocenters. The maximum atomic E-state index is 12.2. The molecule has 30 heavy (non-hydrogen) atoms. The summed E-state index contributed by atoms with van der Waals surface area (Å²) in [5, 5.41) is 17.0. The molecule has 11 heteroatoms. The first-order valence-electron chi connectivity index (χ1n) is 8.73. The van der Waals surface area contributed by atoms with Gasteiger partial charge in [0.1, 0.15) is 0 Å². The molecule has 1 heterocycles. The van der Waals surface area contributed by atoms with E-state index in [1.54, 1.807) is 30.3 Å². The molecule has 0 radical (unpaired) electrons.